The van der Waals surface area contributed by atoms with Gasteiger partial charge in [-0.3, -0.25) is 4.90 Å². The van der Waals surface area contributed by atoms with E-state index in [1.165, 1.54) is 57.8 Å². The van der Waals surface area contributed by atoms with Gasteiger partial charge >= 0.3 is 0 Å². The molecule has 100 valence electrons. The summed E-state index contributed by atoms with van der Waals surface area (Å²) in [7, 11) is 0. The minimum absolute atomic E-state index is 0.305. The fraction of sp³-hybridized carbons (Fsp3) is 1.00. The van der Waals surface area contributed by atoms with E-state index in [9.17, 15) is 5.11 Å². The van der Waals surface area contributed by atoms with E-state index in [0.29, 0.717) is 18.7 Å². The summed E-state index contributed by atoms with van der Waals surface area (Å²) >= 11 is 0. The number of hydrogen-bond acceptors (Lipinski definition) is 3. The van der Waals surface area contributed by atoms with Gasteiger partial charge in [-0.2, -0.15) is 0 Å². The first-order valence-corrected chi connectivity index (χ1v) is 7.43. The average Bonchev–Trinajstić information content (AvgIpc) is 2.38. The molecule has 2 fully saturated rings. The smallest absolute Gasteiger partial charge is 0.0558 e. The second kappa shape index (κ2) is 6.72. The summed E-state index contributed by atoms with van der Waals surface area (Å²) in [5, 5.41) is 9.28. The van der Waals surface area contributed by atoms with Gasteiger partial charge in [0.1, 0.15) is 0 Å². The van der Waals surface area contributed by atoms with Crippen molar-refractivity contribution in [2.24, 2.45) is 5.73 Å². The fourth-order valence-electron chi connectivity index (χ4n) is 3.62. The highest BCUT2D eigenvalue weighted by atomic mass is 16.3. The Morgan fingerprint density at radius 2 is 1.47 bits per heavy atom. The Labute approximate surface area is 105 Å². The number of nitrogens with two attached hydrogens (primary N) is 1. The first-order chi connectivity index (χ1) is 8.31. The molecule has 0 saturated heterocycles. The SMILES string of the molecule is NC1CCC(N(CCO)C2CCCCC2)CC1. The Bertz CT molecular complexity index is 208. The Morgan fingerprint density at radius 3 is 2.06 bits per heavy atom. The van der Waals surface area contributed by atoms with Crippen molar-refractivity contribution < 1.29 is 5.11 Å². The Balaban J connectivity index is 1.90. The molecule has 0 aromatic carbocycles. The molecule has 2 aliphatic carbocycles. The highest BCUT2D eigenvalue weighted by Gasteiger charge is 2.29. The Hall–Kier alpha value is -0.120. The standard InChI is InChI=1S/C14H28N2O/c15-12-6-8-14(9-7-12)16(10-11-17)13-4-2-1-3-5-13/h12-14,17H,1-11,15H2. The normalized spacial score (nSPS) is 31.9. The van der Waals surface area contributed by atoms with Gasteiger partial charge in [-0.25, -0.2) is 0 Å². The Kier molecular flexibility index (Phi) is 5.26. The lowest BCUT2D eigenvalue weighted by atomic mass is 9.87. The highest BCUT2D eigenvalue weighted by Crippen LogP contribution is 2.29. The van der Waals surface area contributed by atoms with Crippen molar-refractivity contribution in [2.75, 3.05) is 13.2 Å². The maximum atomic E-state index is 9.28. The molecule has 0 heterocycles. The quantitative estimate of drug-likeness (QED) is 0.789. The summed E-state index contributed by atoms with van der Waals surface area (Å²) in [6.45, 7) is 1.17. The molecule has 3 N–H and O–H groups in total. The maximum Gasteiger partial charge on any atom is 0.0558 e. The van der Waals surface area contributed by atoms with Crippen LogP contribution in [0.3, 0.4) is 0 Å². The largest absolute Gasteiger partial charge is 0.395 e. The van der Waals surface area contributed by atoms with Crippen LogP contribution in [0.25, 0.3) is 0 Å². The van der Waals surface area contributed by atoms with Gasteiger partial charge in [-0.1, -0.05) is 19.3 Å². The second-order valence-electron chi connectivity index (χ2n) is 5.82. The van der Waals surface area contributed by atoms with Gasteiger partial charge in [0.05, 0.1) is 6.61 Å². The first kappa shape index (κ1) is 13.3. The lowest BCUT2D eigenvalue weighted by Crippen LogP contribution is -2.48. The zero-order valence-electron chi connectivity index (χ0n) is 11.0. The van der Waals surface area contributed by atoms with Crippen LogP contribution in [0.4, 0.5) is 0 Å². The van der Waals surface area contributed by atoms with Gasteiger partial charge in [0.2, 0.25) is 0 Å². The van der Waals surface area contributed by atoms with Crippen LogP contribution < -0.4 is 5.73 Å². The van der Waals surface area contributed by atoms with E-state index in [-0.39, 0.29) is 0 Å². The van der Waals surface area contributed by atoms with Crippen molar-refractivity contribution in [1.29, 1.82) is 0 Å². The molecule has 3 heteroatoms. The third-order valence-electron chi connectivity index (χ3n) is 4.61. The molecule has 0 aliphatic heterocycles. The van der Waals surface area contributed by atoms with Gasteiger partial charge in [0.25, 0.3) is 0 Å². The van der Waals surface area contributed by atoms with Gasteiger partial charge in [-0.15, -0.1) is 0 Å². The monoisotopic (exact) mass is 240 g/mol. The molecule has 3 nitrogen and oxygen atoms in total. The summed E-state index contributed by atoms with van der Waals surface area (Å²) in [5.74, 6) is 0. The van der Waals surface area contributed by atoms with E-state index in [1.54, 1.807) is 0 Å². The van der Waals surface area contributed by atoms with E-state index in [4.69, 9.17) is 5.73 Å². The van der Waals surface area contributed by atoms with Crippen molar-refractivity contribution in [1.82, 2.24) is 4.90 Å². The van der Waals surface area contributed by atoms with Crippen LogP contribution in [-0.2, 0) is 0 Å². The molecule has 0 amide bonds. The second-order valence-corrected chi connectivity index (χ2v) is 5.82. The first-order valence-electron chi connectivity index (χ1n) is 7.43. The third kappa shape index (κ3) is 3.67. The van der Waals surface area contributed by atoms with Crippen LogP contribution in [-0.4, -0.2) is 41.3 Å². The molecule has 0 unspecified atom stereocenters. The van der Waals surface area contributed by atoms with Crippen LogP contribution in [0.15, 0.2) is 0 Å². The number of hydrogen-bond donors (Lipinski definition) is 2. The fourth-order valence-corrected chi connectivity index (χ4v) is 3.62. The molecule has 0 aromatic rings. The van der Waals surface area contributed by atoms with E-state index in [0.717, 1.165) is 12.6 Å². The van der Waals surface area contributed by atoms with E-state index in [2.05, 4.69) is 4.90 Å². The van der Waals surface area contributed by atoms with Crippen molar-refractivity contribution in [3.05, 3.63) is 0 Å². The van der Waals surface area contributed by atoms with Crippen molar-refractivity contribution in [2.45, 2.75) is 75.9 Å². The minimum Gasteiger partial charge on any atom is -0.395 e. The molecule has 2 rings (SSSR count). The van der Waals surface area contributed by atoms with E-state index in [1.807, 2.05) is 0 Å². The van der Waals surface area contributed by atoms with Gasteiger partial charge in [-0.05, 0) is 38.5 Å². The predicted octanol–water partition coefficient (Wildman–Crippen LogP) is 1.88. The lowest BCUT2D eigenvalue weighted by molar-refractivity contribution is 0.0595. The molecule has 2 saturated carbocycles. The highest BCUT2D eigenvalue weighted by molar-refractivity contribution is 4.86. The summed E-state index contributed by atoms with van der Waals surface area (Å²) in [5.41, 5.74) is 5.98. The van der Waals surface area contributed by atoms with Crippen molar-refractivity contribution in [3.63, 3.8) is 0 Å². The number of rotatable bonds is 4. The molecular weight excluding hydrogens is 212 g/mol. The average molecular weight is 240 g/mol. The summed E-state index contributed by atoms with van der Waals surface area (Å²) in [6, 6.07) is 1.84. The predicted molar refractivity (Wildman–Crippen MR) is 70.9 cm³/mol. The van der Waals surface area contributed by atoms with Gasteiger partial charge < -0.3 is 10.8 Å². The Morgan fingerprint density at radius 1 is 0.882 bits per heavy atom. The topological polar surface area (TPSA) is 49.5 Å². The summed E-state index contributed by atoms with van der Waals surface area (Å²) in [4.78, 5) is 2.60. The van der Waals surface area contributed by atoms with E-state index < -0.39 is 0 Å². The molecule has 17 heavy (non-hydrogen) atoms. The molecule has 0 aromatic heterocycles. The lowest BCUT2D eigenvalue weighted by Gasteiger charge is -2.42. The number of nitrogens with zero attached hydrogens (tertiary/aromatic N) is 1. The van der Waals surface area contributed by atoms with Crippen LogP contribution in [0.5, 0.6) is 0 Å². The summed E-state index contributed by atoms with van der Waals surface area (Å²) in [6.07, 6.45) is 11.6. The van der Waals surface area contributed by atoms with Crippen molar-refractivity contribution >= 4 is 0 Å². The molecular formula is C14H28N2O. The van der Waals surface area contributed by atoms with E-state index >= 15 is 0 Å². The van der Waals surface area contributed by atoms with Crippen LogP contribution >= 0.6 is 0 Å². The van der Waals surface area contributed by atoms with Crippen LogP contribution in [0.2, 0.25) is 0 Å². The van der Waals surface area contributed by atoms with Crippen molar-refractivity contribution in [3.8, 4) is 0 Å². The zero-order valence-corrected chi connectivity index (χ0v) is 11.0. The van der Waals surface area contributed by atoms with Crippen LogP contribution in [0, 0.1) is 0 Å². The molecule has 0 bridgehead atoms. The number of aliphatic hydroxyl groups is 1. The van der Waals surface area contributed by atoms with Gasteiger partial charge in [0.15, 0.2) is 0 Å². The molecule has 0 atom stereocenters. The maximum absolute atomic E-state index is 9.28. The molecule has 0 spiro atoms. The van der Waals surface area contributed by atoms with Gasteiger partial charge in [0, 0.05) is 24.7 Å². The zero-order chi connectivity index (χ0) is 12.1. The third-order valence-corrected chi connectivity index (χ3v) is 4.61. The summed E-state index contributed by atoms with van der Waals surface area (Å²) < 4.78 is 0. The number of aliphatic hydroxyl groups excluding tert-OH is 1. The molecule has 2 aliphatic rings. The van der Waals surface area contributed by atoms with Crippen LogP contribution in [0.1, 0.15) is 57.8 Å². The minimum atomic E-state index is 0.305. The molecule has 0 radical (unpaired) electrons.